The van der Waals surface area contributed by atoms with E-state index < -0.39 is 0 Å². The molecule has 0 aliphatic rings. The second-order valence-electron chi connectivity index (χ2n) is 6.76. The summed E-state index contributed by atoms with van der Waals surface area (Å²) in [6, 6.07) is 21.8. The average molecular weight is 499 g/mol. The zero-order valence-electron chi connectivity index (χ0n) is 15.7. The summed E-state index contributed by atoms with van der Waals surface area (Å²) in [7, 11) is 0. The molecular weight excluding hydrogens is 487 g/mol. The van der Waals surface area contributed by atoms with E-state index in [-0.39, 0.29) is 10.9 Å². The van der Waals surface area contributed by atoms with Crippen LogP contribution >= 0.6 is 57.6 Å². The molecule has 5 aromatic rings. The van der Waals surface area contributed by atoms with Gasteiger partial charge < -0.3 is 0 Å². The van der Waals surface area contributed by atoms with Gasteiger partial charge in [0.1, 0.15) is 0 Å². The monoisotopic (exact) mass is 498 g/mol. The van der Waals surface area contributed by atoms with Gasteiger partial charge in [-0.15, -0.1) is 22.7 Å². The molecule has 0 fully saturated rings. The van der Waals surface area contributed by atoms with Crippen LogP contribution in [0.25, 0.3) is 19.5 Å². The van der Waals surface area contributed by atoms with Crippen molar-refractivity contribution in [2.24, 2.45) is 0 Å². The molecule has 5 rings (SSSR count). The first kappa shape index (κ1) is 20.7. The zero-order valence-corrected chi connectivity index (χ0v) is 19.7. The van der Waals surface area contributed by atoms with Crippen molar-refractivity contribution in [2.45, 2.75) is 4.21 Å². The maximum Gasteiger partial charge on any atom is 0.224 e. The molecule has 7 heteroatoms. The first-order valence-corrected chi connectivity index (χ1v) is 12.4. The minimum atomic E-state index is -0.152. The maximum atomic E-state index is 13.6. The van der Waals surface area contributed by atoms with Gasteiger partial charge in [0.05, 0.1) is 13.8 Å². The Bertz CT molecular complexity index is 1480. The van der Waals surface area contributed by atoms with Crippen LogP contribution in [0.5, 0.6) is 0 Å². The minimum absolute atomic E-state index is 0.140. The van der Waals surface area contributed by atoms with Gasteiger partial charge in [-0.2, -0.15) is 0 Å². The van der Waals surface area contributed by atoms with Crippen LogP contribution in [0.3, 0.4) is 0 Å². The summed E-state index contributed by atoms with van der Waals surface area (Å²) in [4.78, 5) is 26.6. The Morgan fingerprint density at radius 3 is 2.19 bits per heavy atom. The summed E-state index contributed by atoms with van der Waals surface area (Å²) < 4.78 is 2.82. The van der Waals surface area contributed by atoms with E-state index in [2.05, 4.69) is 0 Å². The fourth-order valence-corrected chi connectivity index (χ4v) is 7.68. The van der Waals surface area contributed by atoms with Gasteiger partial charge in [0, 0.05) is 36.6 Å². The van der Waals surface area contributed by atoms with Crippen LogP contribution in [0.2, 0.25) is 10.0 Å². The van der Waals surface area contributed by atoms with Gasteiger partial charge in [-0.05, 0) is 42.1 Å². The number of hydrogen-bond acceptors (Lipinski definition) is 5. The quantitative estimate of drug-likeness (QED) is 0.183. The van der Waals surface area contributed by atoms with Crippen molar-refractivity contribution < 1.29 is 9.59 Å². The van der Waals surface area contributed by atoms with Gasteiger partial charge in [0.2, 0.25) is 5.12 Å². The number of thioether (sulfide) groups is 1. The number of thiophene rings is 2. The molecule has 0 saturated heterocycles. The number of hydrogen-bond donors (Lipinski definition) is 0. The minimum Gasteiger partial charge on any atom is -0.289 e. The highest BCUT2D eigenvalue weighted by atomic mass is 35.5. The van der Waals surface area contributed by atoms with Crippen molar-refractivity contribution in [1.82, 2.24) is 0 Å². The van der Waals surface area contributed by atoms with Gasteiger partial charge in [0.15, 0.2) is 5.78 Å². The van der Waals surface area contributed by atoms with Gasteiger partial charge >= 0.3 is 0 Å². The van der Waals surface area contributed by atoms with E-state index in [0.29, 0.717) is 30.9 Å². The molecule has 0 spiro atoms. The summed E-state index contributed by atoms with van der Waals surface area (Å²) >= 11 is 16.4. The smallest absolute Gasteiger partial charge is 0.224 e. The molecule has 0 aliphatic carbocycles. The normalized spacial score (nSPS) is 11.3. The van der Waals surface area contributed by atoms with Crippen molar-refractivity contribution in [2.75, 3.05) is 0 Å². The fraction of sp³-hybridized carbons (Fsp3) is 0. The van der Waals surface area contributed by atoms with Crippen LogP contribution in [0.1, 0.15) is 26.3 Å². The van der Waals surface area contributed by atoms with Crippen molar-refractivity contribution in [3.05, 3.63) is 99.5 Å². The van der Waals surface area contributed by atoms with Crippen LogP contribution in [-0.4, -0.2) is 10.9 Å². The summed E-state index contributed by atoms with van der Waals surface area (Å²) in [6.07, 6.45) is 0. The second kappa shape index (κ2) is 8.41. The SMILES string of the molecule is O=C(Sc1sc2sc3ccccc3c2c1C(=O)c1cccc(Cl)c1)c1cccc(Cl)c1. The molecule has 2 nitrogen and oxygen atoms in total. The van der Waals surface area contributed by atoms with Crippen LogP contribution < -0.4 is 0 Å². The lowest BCUT2D eigenvalue weighted by atomic mass is 10.0. The molecule has 2 aromatic heterocycles. The van der Waals surface area contributed by atoms with Crippen LogP contribution in [0.15, 0.2) is 77.0 Å². The summed E-state index contributed by atoms with van der Waals surface area (Å²) in [5.41, 5.74) is 1.56. The molecule has 0 radical (unpaired) electrons. The third-order valence-corrected chi connectivity index (χ3v) is 8.79. The van der Waals surface area contributed by atoms with Crippen LogP contribution in [0.4, 0.5) is 0 Å². The molecule has 0 bridgehead atoms. The Morgan fingerprint density at radius 1 is 0.774 bits per heavy atom. The molecule has 2 heterocycles. The van der Waals surface area contributed by atoms with Gasteiger partial charge in [-0.25, -0.2) is 0 Å². The zero-order chi connectivity index (χ0) is 21.5. The number of benzene rings is 3. The van der Waals surface area contributed by atoms with E-state index >= 15 is 0 Å². The molecule has 0 saturated carbocycles. The third-order valence-electron chi connectivity index (χ3n) is 4.76. The largest absolute Gasteiger partial charge is 0.289 e. The molecule has 0 aliphatic heterocycles. The van der Waals surface area contributed by atoms with E-state index in [1.165, 1.54) is 11.3 Å². The third kappa shape index (κ3) is 3.93. The number of carbonyl (C=O) groups excluding carboxylic acids is 2. The summed E-state index contributed by atoms with van der Waals surface area (Å²) in [5, 5.41) is 2.76. The second-order valence-corrected chi connectivity index (χ2v) is 11.2. The number of carbonyl (C=O) groups is 2. The van der Waals surface area contributed by atoms with Crippen LogP contribution in [0, 0.1) is 0 Å². The Labute approximate surface area is 200 Å². The summed E-state index contributed by atoms with van der Waals surface area (Å²) in [6.45, 7) is 0. The Kier molecular flexibility index (Phi) is 5.63. The molecule has 3 aromatic carbocycles. The Balaban J connectivity index is 1.68. The number of fused-ring (bicyclic) bond motifs is 3. The lowest BCUT2D eigenvalue weighted by Crippen LogP contribution is -2.03. The van der Waals surface area contributed by atoms with E-state index in [9.17, 15) is 9.59 Å². The summed E-state index contributed by atoms with van der Waals surface area (Å²) in [5.74, 6) is -0.140. The highest BCUT2D eigenvalue weighted by Gasteiger charge is 2.26. The fourth-order valence-electron chi connectivity index (χ4n) is 3.38. The van der Waals surface area contributed by atoms with Crippen molar-refractivity contribution in [3.8, 4) is 0 Å². The van der Waals surface area contributed by atoms with E-state index in [4.69, 9.17) is 23.2 Å². The first-order chi connectivity index (χ1) is 15.0. The highest BCUT2D eigenvalue weighted by molar-refractivity contribution is 8.15. The predicted molar refractivity (Wildman–Crippen MR) is 134 cm³/mol. The topological polar surface area (TPSA) is 34.1 Å². The molecule has 0 atom stereocenters. The van der Waals surface area contributed by atoms with Gasteiger partial charge in [-0.3, -0.25) is 9.59 Å². The lowest BCUT2D eigenvalue weighted by molar-refractivity contribution is 0.103. The predicted octanol–water partition coefficient (Wildman–Crippen LogP) is 8.59. The first-order valence-electron chi connectivity index (χ1n) is 9.23. The highest BCUT2D eigenvalue weighted by Crippen LogP contribution is 2.47. The molecule has 0 N–H and O–H groups in total. The number of rotatable bonds is 4. The van der Waals surface area contributed by atoms with Gasteiger partial charge in [-0.1, -0.05) is 65.7 Å². The molecule has 152 valence electrons. The van der Waals surface area contributed by atoms with Crippen molar-refractivity contribution >= 4 is 88.0 Å². The Hall–Kier alpha value is -2.15. The van der Waals surface area contributed by atoms with Gasteiger partial charge in [0.25, 0.3) is 0 Å². The number of halogens is 2. The lowest BCUT2D eigenvalue weighted by Gasteiger charge is -2.05. The molecule has 31 heavy (non-hydrogen) atoms. The Morgan fingerprint density at radius 2 is 1.45 bits per heavy atom. The van der Waals surface area contributed by atoms with Crippen molar-refractivity contribution in [1.29, 1.82) is 0 Å². The van der Waals surface area contributed by atoms with Crippen molar-refractivity contribution in [3.63, 3.8) is 0 Å². The molecule has 0 amide bonds. The van der Waals surface area contributed by atoms with E-state index in [0.717, 1.165) is 31.2 Å². The number of ketones is 1. The van der Waals surface area contributed by atoms with E-state index in [1.807, 2.05) is 24.3 Å². The molecular formula is C24H12Cl2O2S3. The molecule has 0 unspecified atom stereocenters. The van der Waals surface area contributed by atoms with Crippen LogP contribution in [-0.2, 0) is 0 Å². The maximum absolute atomic E-state index is 13.6. The average Bonchev–Trinajstić information content (AvgIpc) is 3.28. The standard InChI is InChI=1S/C24H12Cl2O2S3/c25-15-7-3-5-13(11-15)21(27)20-19-17-9-1-2-10-18(17)29-23(19)31-24(20)30-22(28)14-6-4-8-16(26)12-14/h1-12H. The van der Waals surface area contributed by atoms with E-state index in [1.54, 1.807) is 59.9 Å².